The van der Waals surface area contributed by atoms with Crippen LogP contribution in [0.5, 0.6) is 0 Å². The second kappa shape index (κ2) is 6.37. The molecule has 3 aromatic rings. The fourth-order valence-electron chi connectivity index (χ4n) is 2.14. The lowest BCUT2D eigenvalue weighted by Crippen LogP contribution is -2.24. The van der Waals surface area contributed by atoms with Crippen LogP contribution in [0.25, 0.3) is 22.7 Å². The van der Waals surface area contributed by atoms with E-state index < -0.39 is 0 Å². The third kappa shape index (κ3) is 3.23. The Balaban J connectivity index is 1.86. The quantitative estimate of drug-likeness (QED) is 0.782. The van der Waals surface area contributed by atoms with Crippen molar-refractivity contribution in [2.24, 2.45) is 0 Å². The van der Waals surface area contributed by atoms with Gasteiger partial charge >= 0.3 is 0 Å². The van der Waals surface area contributed by atoms with Crippen LogP contribution in [0.1, 0.15) is 17.8 Å². The van der Waals surface area contributed by atoms with Crippen LogP contribution >= 0.6 is 11.3 Å². The lowest BCUT2D eigenvalue weighted by Gasteiger charge is -2.04. The number of nitrogens with zero attached hydrogens (tertiary/aromatic N) is 3. The van der Waals surface area contributed by atoms with Gasteiger partial charge in [0.05, 0.1) is 10.7 Å². The summed E-state index contributed by atoms with van der Waals surface area (Å²) in [5.41, 5.74) is 2.96. The molecule has 0 amide bonds. The summed E-state index contributed by atoms with van der Waals surface area (Å²) in [5.74, 6) is 1.26. The highest BCUT2D eigenvalue weighted by Gasteiger charge is 2.12. The van der Waals surface area contributed by atoms with Gasteiger partial charge in [-0.05, 0) is 33.0 Å². The summed E-state index contributed by atoms with van der Waals surface area (Å²) in [4.78, 5) is 8.99. The van der Waals surface area contributed by atoms with Gasteiger partial charge in [0.1, 0.15) is 0 Å². The fraction of sp³-hybridized carbons (Fsp3) is 0.312. The summed E-state index contributed by atoms with van der Waals surface area (Å²) >= 11 is 1.64. The Hall–Kier alpha value is -2.05. The van der Waals surface area contributed by atoms with Gasteiger partial charge in [0.15, 0.2) is 5.82 Å². The Morgan fingerprint density at radius 1 is 1.27 bits per heavy atom. The predicted molar refractivity (Wildman–Crippen MR) is 87.8 cm³/mol. The van der Waals surface area contributed by atoms with Crippen molar-refractivity contribution in [1.82, 2.24) is 20.4 Å². The van der Waals surface area contributed by atoms with Gasteiger partial charge in [-0.15, -0.1) is 11.3 Å². The van der Waals surface area contributed by atoms with Crippen LogP contribution in [0.3, 0.4) is 0 Å². The first kappa shape index (κ1) is 14.9. The molecule has 0 aliphatic heterocycles. The largest absolute Gasteiger partial charge is 0.334 e. The highest BCUT2D eigenvalue weighted by molar-refractivity contribution is 7.09. The van der Waals surface area contributed by atoms with Crippen LogP contribution in [0, 0.1) is 6.92 Å². The highest BCUT2D eigenvalue weighted by atomic mass is 32.1. The van der Waals surface area contributed by atoms with Crippen molar-refractivity contribution in [2.45, 2.75) is 26.3 Å². The Kier molecular flexibility index (Phi) is 4.31. The van der Waals surface area contributed by atoms with E-state index in [1.165, 1.54) is 0 Å². The third-order valence-electron chi connectivity index (χ3n) is 3.47. The zero-order chi connectivity index (χ0) is 15.5. The van der Waals surface area contributed by atoms with E-state index in [0.717, 1.165) is 28.2 Å². The Bertz CT molecular complexity index is 765. The number of aromatic nitrogens is 3. The molecule has 1 unspecified atom stereocenters. The molecule has 0 bridgehead atoms. The van der Waals surface area contributed by atoms with Crippen LogP contribution in [0.4, 0.5) is 0 Å². The molecule has 0 saturated carbocycles. The SMILES string of the molecule is CNC(C)Cc1noc(-c2cccc(-c3csc(C)n3)c2)n1. The smallest absolute Gasteiger partial charge is 0.257 e. The van der Waals surface area contributed by atoms with Crippen LogP contribution in [-0.4, -0.2) is 28.2 Å². The minimum atomic E-state index is 0.315. The Morgan fingerprint density at radius 3 is 2.82 bits per heavy atom. The van der Waals surface area contributed by atoms with Crippen molar-refractivity contribution < 1.29 is 4.52 Å². The van der Waals surface area contributed by atoms with Gasteiger partial charge in [-0.1, -0.05) is 17.3 Å². The van der Waals surface area contributed by atoms with Crippen molar-refractivity contribution in [3.63, 3.8) is 0 Å². The molecule has 2 aromatic heterocycles. The lowest BCUT2D eigenvalue weighted by molar-refractivity contribution is 0.418. The van der Waals surface area contributed by atoms with Gasteiger partial charge in [-0.3, -0.25) is 0 Å². The first-order valence-corrected chi connectivity index (χ1v) is 8.06. The summed E-state index contributed by atoms with van der Waals surface area (Å²) in [7, 11) is 1.92. The summed E-state index contributed by atoms with van der Waals surface area (Å²) in [5, 5.41) is 10.3. The van der Waals surface area contributed by atoms with Crippen LogP contribution < -0.4 is 5.32 Å². The van der Waals surface area contributed by atoms with Crippen LogP contribution in [0.15, 0.2) is 34.2 Å². The van der Waals surface area contributed by atoms with E-state index in [2.05, 4.69) is 32.7 Å². The average Bonchev–Trinajstić information content (AvgIpc) is 3.16. The van der Waals surface area contributed by atoms with Gasteiger partial charge in [-0.2, -0.15) is 4.98 Å². The van der Waals surface area contributed by atoms with E-state index in [9.17, 15) is 0 Å². The zero-order valence-electron chi connectivity index (χ0n) is 12.8. The molecular formula is C16H18N4OS. The lowest BCUT2D eigenvalue weighted by atomic mass is 10.1. The third-order valence-corrected chi connectivity index (χ3v) is 4.25. The minimum absolute atomic E-state index is 0.315. The molecule has 6 heteroatoms. The summed E-state index contributed by atoms with van der Waals surface area (Å²) < 4.78 is 5.39. The van der Waals surface area contributed by atoms with Crippen molar-refractivity contribution >= 4 is 11.3 Å². The molecule has 0 aliphatic rings. The van der Waals surface area contributed by atoms with E-state index in [0.29, 0.717) is 17.8 Å². The molecule has 2 heterocycles. The molecule has 1 atom stereocenters. The molecule has 0 aliphatic carbocycles. The predicted octanol–water partition coefficient (Wildman–Crippen LogP) is 3.32. The fourth-order valence-corrected chi connectivity index (χ4v) is 2.76. The van der Waals surface area contributed by atoms with E-state index in [1.54, 1.807) is 11.3 Å². The van der Waals surface area contributed by atoms with Gasteiger partial charge in [-0.25, -0.2) is 4.98 Å². The molecule has 0 spiro atoms. The number of nitrogens with one attached hydrogen (secondary N) is 1. The average molecular weight is 314 g/mol. The molecule has 114 valence electrons. The molecule has 3 rings (SSSR count). The summed E-state index contributed by atoms with van der Waals surface area (Å²) in [6, 6.07) is 8.35. The van der Waals surface area contributed by atoms with Gasteiger partial charge in [0.2, 0.25) is 0 Å². The van der Waals surface area contributed by atoms with Crippen molar-refractivity contribution in [1.29, 1.82) is 0 Å². The van der Waals surface area contributed by atoms with E-state index in [4.69, 9.17) is 4.52 Å². The first-order chi connectivity index (χ1) is 10.7. The Labute approximate surface area is 133 Å². The van der Waals surface area contributed by atoms with E-state index in [1.807, 2.05) is 38.2 Å². The number of benzene rings is 1. The van der Waals surface area contributed by atoms with E-state index >= 15 is 0 Å². The number of rotatable bonds is 5. The second-order valence-corrected chi connectivity index (χ2v) is 6.30. The zero-order valence-corrected chi connectivity index (χ0v) is 13.6. The van der Waals surface area contributed by atoms with Crippen LogP contribution in [-0.2, 0) is 6.42 Å². The monoisotopic (exact) mass is 314 g/mol. The Morgan fingerprint density at radius 2 is 2.09 bits per heavy atom. The highest BCUT2D eigenvalue weighted by Crippen LogP contribution is 2.26. The molecule has 5 nitrogen and oxygen atoms in total. The molecule has 22 heavy (non-hydrogen) atoms. The molecule has 0 radical (unpaired) electrons. The molecular weight excluding hydrogens is 296 g/mol. The van der Waals surface area contributed by atoms with Crippen LogP contribution in [0.2, 0.25) is 0 Å². The summed E-state index contributed by atoms with van der Waals surface area (Å²) in [6.07, 6.45) is 0.741. The summed E-state index contributed by atoms with van der Waals surface area (Å²) in [6.45, 7) is 4.09. The molecule has 1 N–H and O–H groups in total. The number of hydrogen-bond donors (Lipinski definition) is 1. The second-order valence-electron chi connectivity index (χ2n) is 5.24. The number of likely N-dealkylation sites (N-methyl/N-ethyl adjacent to an activating group) is 1. The number of thiazole rings is 1. The van der Waals surface area contributed by atoms with Gasteiger partial charge < -0.3 is 9.84 Å². The van der Waals surface area contributed by atoms with Crippen molar-refractivity contribution in [2.75, 3.05) is 7.05 Å². The van der Waals surface area contributed by atoms with Crippen molar-refractivity contribution in [3.05, 3.63) is 40.5 Å². The van der Waals surface area contributed by atoms with E-state index in [-0.39, 0.29) is 0 Å². The molecule has 0 saturated heterocycles. The maximum atomic E-state index is 5.39. The minimum Gasteiger partial charge on any atom is -0.334 e. The number of aryl methyl sites for hydroxylation is 1. The number of hydrogen-bond acceptors (Lipinski definition) is 6. The maximum Gasteiger partial charge on any atom is 0.257 e. The van der Waals surface area contributed by atoms with Gasteiger partial charge in [0, 0.05) is 29.0 Å². The topological polar surface area (TPSA) is 63.8 Å². The normalized spacial score (nSPS) is 12.5. The standard InChI is InChI=1S/C16H18N4OS/c1-10(17-3)7-15-19-16(21-20-15)13-6-4-5-12(8-13)14-9-22-11(2)18-14/h4-6,8-10,17H,7H2,1-3H3. The molecule has 1 aromatic carbocycles. The molecule has 0 fully saturated rings. The van der Waals surface area contributed by atoms with Gasteiger partial charge in [0.25, 0.3) is 5.89 Å². The van der Waals surface area contributed by atoms with Crippen molar-refractivity contribution in [3.8, 4) is 22.7 Å². The first-order valence-electron chi connectivity index (χ1n) is 7.18. The maximum absolute atomic E-state index is 5.39.